The summed E-state index contributed by atoms with van der Waals surface area (Å²) in [4.78, 5) is 12.3. The van der Waals surface area contributed by atoms with Gasteiger partial charge < -0.3 is 9.15 Å². The van der Waals surface area contributed by atoms with Crippen molar-refractivity contribution < 1.29 is 27.1 Å². The van der Waals surface area contributed by atoms with E-state index in [-0.39, 0.29) is 18.1 Å². The second kappa shape index (κ2) is 7.86. The summed E-state index contributed by atoms with van der Waals surface area (Å²) in [5.41, 5.74) is 3.80. The Bertz CT molecular complexity index is 908. The third-order valence-electron chi connectivity index (χ3n) is 3.63. The van der Waals surface area contributed by atoms with Gasteiger partial charge in [0, 0.05) is 5.56 Å². The average Bonchev–Trinajstić information content (AvgIpc) is 3.13. The maximum absolute atomic E-state index is 13.0. The summed E-state index contributed by atoms with van der Waals surface area (Å²) >= 11 is 0. The summed E-state index contributed by atoms with van der Waals surface area (Å²) in [6.07, 6.45) is -3.24. The van der Waals surface area contributed by atoms with Gasteiger partial charge in [0.15, 0.2) is 5.76 Å². The van der Waals surface area contributed by atoms with Gasteiger partial charge in [-0.15, -0.1) is 0 Å². The van der Waals surface area contributed by atoms with Crippen LogP contribution in [0.25, 0.3) is 0 Å². The predicted molar refractivity (Wildman–Crippen MR) is 92.0 cm³/mol. The van der Waals surface area contributed by atoms with Crippen LogP contribution >= 0.6 is 0 Å². The van der Waals surface area contributed by atoms with Crippen LogP contribution in [0.4, 0.5) is 18.9 Å². The Kier molecular flexibility index (Phi) is 5.35. The normalized spacial score (nSPS) is 11.1. The standard InChI is InChI=1S/C19H15F3N2O3/c20-19(21,22)15-8-4-5-9-16(15)23-24-18(25)17-13(10-11-26-17)12-27-14-6-2-1-3-7-14/h1-11,23H,12H2,(H,24,25). The molecule has 0 fully saturated rings. The van der Waals surface area contributed by atoms with E-state index in [1.54, 1.807) is 30.3 Å². The van der Waals surface area contributed by atoms with Crippen LogP contribution in [0.1, 0.15) is 21.7 Å². The SMILES string of the molecule is O=C(NNc1ccccc1C(F)(F)F)c1occc1COc1ccccc1. The fraction of sp³-hybridized carbons (Fsp3) is 0.105. The highest BCUT2D eigenvalue weighted by molar-refractivity contribution is 5.93. The van der Waals surface area contributed by atoms with Crippen LogP contribution < -0.4 is 15.6 Å². The minimum absolute atomic E-state index is 0.0529. The van der Waals surface area contributed by atoms with Crippen LogP contribution in [0.5, 0.6) is 5.75 Å². The molecule has 140 valence electrons. The average molecular weight is 376 g/mol. The lowest BCUT2D eigenvalue weighted by Gasteiger charge is -2.14. The van der Waals surface area contributed by atoms with Crippen molar-refractivity contribution in [3.63, 3.8) is 0 Å². The Balaban J connectivity index is 1.65. The minimum atomic E-state index is -4.55. The van der Waals surface area contributed by atoms with Gasteiger partial charge in [0.25, 0.3) is 0 Å². The molecule has 0 aliphatic rings. The lowest BCUT2D eigenvalue weighted by molar-refractivity contribution is -0.137. The first-order valence-corrected chi connectivity index (χ1v) is 7.92. The summed E-state index contributed by atoms with van der Waals surface area (Å²) in [6.45, 7) is 0.0718. The first kappa shape index (κ1) is 18.4. The molecule has 0 radical (unpaired) electrons. The molecule has 0 aliphatic carbocycles. The van der Waals surface area contributed by atoms with Crippen molar-refractivity contribution in [2.24, 2.45) is 0 Å². The maximum atomic E-state index is 13.0. The Morgan fingerprint density at radius 3 is 2.44 bits per heavy atom. The molecule has 8 heteroatoms. The van der Waals surface area contributed by atoms with Gasteiger partial charge in [-0.2, -0.15) is 13.2 Å². The molecule has 5 nitrogen and oxygen atoms in total. The van der Waals surface area contributed by atoms with E-state index >= 15 is 0 Å². The number of alkyl halides is 3. The van der Waals surface area contributed by atoms with Gasteiger partial charge in [0.1, 0.15) is 12.4 Å². The Morgan fingerprint density at radius 1 is 1.00 bits per heavy atom. The second-order valence-electron chi connectivity index (χ2n) is 5.50. The highest BCUT2D eigenvalue weighted by Crippen LogP contribution is 2.34. The van der Waals surface area contributed by atoms with Crippen molar-refractivity contribution in [2.75, 3.05) is 5.43 Å². The fourth-order valence-corrected chi connectivity index (χ4v) is 2.35. The maximum Gasteiger partial charge on any atom is 0.418 e. The number of hydrogen-bond donors (Lipinski definition) is 2. The molecule has 0 atom stereocenters. The van der Waals surface area contributed by atoms with Crippen molar-refractivity contribution in [1.29, 1.82) is 0 Å². The van der Waals surface area contributed by atoms with E-state index < -0.39 is 17.6 Å². The Morgan fingerprint density at radius 2 is 1.70 bits per heavy atom. The highest BCUT2D eigenvalue weighted by Gasteiger charge is 2.33. The smallest absolute Gasteiger partial charge is 0.418 e. The second-order valence-corrected chi connectivity index (χ2v) is 5.50. The molecule has 1 amide bonds. The van der Waals surface area contributed by atoms with Crippen LogP contribution in [0.3, 0.4) is 0 Å². The zero-order chi connectivity index (χ0) is 19.3. The number of ether oxygens (including phenoxy) is 1. The number of carbonyl (C=O) groups excluding carboxylic acids is 1. The van der Waals surface area contributed by atoms with Gasteiger partial charge in [0.2, 0.25) is 0 Å². The first-order chi connectivity index (χ1) is 12.9. The van der Waals surface area contributed by atoms with Crippen molar-refractivity contribution in [3.05, 3.63) is 83.8 Å². The molecular formula is C19H15F3N2O3. The molecule has 1 heterocycles. The number of nitrogens with one attached hydrogen (secondary N) is 2. The molecule has 0 saturated heterocycles. The van der Waals surface area contributed by atoms with E-state index in [9.17, 15) is 18.0 Å². The third kappa shape index (κ3) is 4.60. The van der Waals surface area contributed by atoms with Crippen LogP contribution in [-0.2, 0) is 12.8 Å². The Hall–Kier alpha value is -3.42. The molecule has 0 aliphatic heterocycles. The molecule has 0 spiro atoms. The number of halogens is 3. The quantitative estimate of drug-likeness (QED) is 0.616. The monoisotopic (exact) mass is 376 g/mol. The summed E-state index contributed by atoms with van der Waals surface area (Å²) in [5, 5.41) is 0. The van der Waals surface area contributed by atoms with E-state index in [1.807, 2.05) is 6.07 Å². The van der Waals surface area contributed by atoms with Gasteiger partial charge in [-0.3, -0.25) is 15.6 Å². The highest BCUT2D eigenvalue weighted by atomic mass is 19.4. The predicted octanol–water partition coefficient (Wildman–Crippen LogP) is 4.63. The molecule has 0 bridgehead atoms. The zero-order valence-corrected chi connectivity index (χ0v) is 13.9. The number of anilines is 1. The number of carbonyl (C=O) groups is 1. The minimum Gasteiger partial charge on any atom is -0.489 e. The number of hydrogen-bond acceptors (Lipinski definition) is 4. The van der Waals surface area contributed by atoms with Gasteiger partial charge in [-0.25, -0.2) is 0 Å². The van der Waals surface area contributed by atoms with Crippen LogP contribution in [0, 0.1) is 0 Å². The molecule has 3 aromatic rings. The molecule has 3 rings (SSSR count). The van der Waals surface area contributed by atoms with Crippen LogP contribution in [0.15, 0.2) is 71.3 Å². The van der Waals surface area contributed by atoms with Crippen molar-refractivity contribution in [2.45, 2.75) is 12.8 Å². The van der Waals surface area contributed by atoms with Gasteiger partial charge >= 0.3 is 12.1 Å². The number of benzene rings is 2. The van der Waals surface area contributed by atoms with Gasteiger partial charge in [-0.05, 0) is 30.3 Å². The van der Waals surface area contributed by atoms with Crippen molar-refractivity contribution in [3.8, 4) is 5.75 Å². The number of rotatable bonds is 6. The molecule has 0 unspecified atom stereocenters. The Labute approximate surface area is 152 Å². The lowest BCUT2D eigenvalue weighted by atomic mass is 10.2. The third-order valence-corrected chi connectivity index (χ3v) is 3.63. The van der Waals surface area contributed by atoms with E-state index in [0.29, 0.717) is 11.3 Å². The molecule has 27 heavy (non-hydrogen) atoms. The largest absolute Gasteiger partial charge is 0.489 e. The number of hydrazine groups is 1. The number of furan rings is 1. The van der Waals surface area contributed by atoms with Crippen LogP contribution in [0.2, 0.25) is 0 Å². The lowest BCUT2D eigenvalue weighted by Crippen LogP contribution is -2.31. The van der Waals surface area contributed by atoms with Gasteiger partial charge in [-0.1, -0.05) is 30.3 Å². The molecular weight excluding hydrogens is 361 g/mol. The fourth-order valence-electron chi connectivity index (χ4n) is 2.35. The summed E-state index contributed by atoms with van der Waals surface area (Å²) in [6, 6.07) is 15.4. The van der Waals surface area contributed by atoms with E-state index in [1.165, 1.54) is 24.5 Å². The first-order valence-electron chi connectivity index (χ1n) is 7.92. The number of amides is 1. The zero-order valence-electron chi connectivity index (χ0n) is 13.9. The molecule has 2 aromatic carbocycles. The van der Waals surface area contributed by atoms with E-state index in [2.05, 4.69) is 10.9 Å². The summed E-state index contributed by atoms with van der Waals surface area (Å²) in [5.74, 6) is -0.158. The van der Waals surface area contributed by atoms with Crippen LogP contribution in [-0.4, -0.2) is 5.91 Å². The number of para-hydroxylation sites is 2. The summed E-state index contributed by atoms with van der Waals surface area (Å²) < 4.78 is 49.7. The molecule has 1 aromatic heterocycles. The van der Waals surface area contributed by atoms with E-state index in [0.717, 1.165) is 6.07 Å². The summed E-state index contributed by atoms with van der Waals surface area (Å²) in [7, 11) is 0. The molecule has 2 N–H and O–H groups in total. The van der Waals surface area contributed by atoms with Crippen molar-refractivity contribution in [1.82, 2.24) is 5.43 Å². The van der Waals surface area contributed by atoms with Crippen molar-refractivity contribution >= 4 is 11.6 Å². The molecule has 0 saturated carbocycles. The topological polar surface area (TPSA) is 63.5 Å². The van der Waals surface area contributed by atoms with E-state index in [4.69, 9.17) is 9.15 Å². The van der Waals surface area contributed by atoms with Gasteiger partial charge in [0.05, 0.1) is 17.5 Å².